The Morgan fingerprint density at radius 1 is 0.800 bits per heavy atom. The predicted octanol–water partition coefficient (Wildman–Crippen LogP) is 5.97. The molecule has 0 amide bonds. The van der Waals surface area contributed by atoms with Crippen molar-refractivity contribution < 1.29 is 20.1 Å². The second kappa shape index (κ2) is 8.39. The Balaban J connectivity index is 0.00000218. The first-order valence-electron chi connectivity index (χ1n) is 9.60. The van der Waals surface area contributed by atoms with Crippen LogP contribution in [-0.4, -0.2) is 9.97 Å². The van der Waals surface area contributed by atoms with Crippen molar-refractivity contribution in [3.8, 4) is 11.1 Å². The van der Waals surface area contributed by atoms with Crippen LogP contribution in [0.25, 0.3) is 11.1 Å². The molecule has 0 unspecified atom stereocenters. The van der Waals surface area contributed by atoms with E-state index in [1.54, 1.807) is 12.4 Å². The average molecular weight is 569 g/mol. The number of rotatable bonds is 3. The van der Waals surface area contributed by atoms with Crippen LogP contribution in [0.15, 0.2) is 79.1 Å². The van der Waals surface area contributed by atoms with E-state index in [-0.39, 0.29) is 20.1 Å². The number of aryl methyl sites for hydroxylation is 2. The van der Waals surface area contributed by atoms with Crippen LogP contribution in [0.5, 0.6) is 0 Å². The maximum absolute atomic E-state index is 4.61. The Morgan fingerprint density at radius 3 is 2.07 bits per heavy atom. The standard InChI is InChI=1S/C25H20N4.Ir/c1-18-15-22(16-19(2)23(18)20-9-5-3-6-10-20)29-17-28(21-11-7-4-8-12-21)24-25(29)27-14-13-26-24;/h3-11,13-17H,1-2H3;/q-2;. The zero-order chi connectivity index (χ0) is 19.8. The van der Waals surface area contributed by atoms with Gasteiger partial charge >= 0.3 is 0 Å². The average Bonchev–Trinajstić information content (AvgIpc) is 3.14. The van der Waals surface area contributed by atoms with E-state index in [0.717, 1.165) is 23.0 Å². The van der Waals surface area contributed by atoms with Crippen molar-refractivity contribution in [3.63, 3.8) is 0 Å². The largest absolute Gasteiger partial charge is 0.477 e. The van der Waals surface area contributed by atoms with E-state index in [1.165, 1.54) is 22.3 Å². The predicted molar refractivity (Wildman–Crippen MR) is 117 cm³/mol. The normalized spacial score (nSPS) is 12.5. The molecular weight excluding hydrogens is 549 g/mol. The van der Waals surface area contributed by atoms with Crippen molar-refractivity contribution in [1.29, 1.82) is 0 Å². The summed E-state index contributed by atoms with van der Waals surface area (Å²) in [5.74, 6) is 1.62. The van der Waals surface area contributed by atoms with Crippen molar-refractivity contribution in [2.45, 2.75) is 13.8 Å². The van der Waals surface area contributed by atoms with Gasteiger partial charge in [0.25, 0.3) is 0 Å². The Morgan fingerprint density at radius 2 is 1.43 bits per heavy atom. The molecular formula is C25H20IrN4-2. The van der Waals surface area contributed by atoms with Gasteiger partial charge in [-0.15, -0.1) is 12.4 Å². The summed E-state index contributed by atoms with van der Waals surface area (Å²) in [4.78, 5) is 13.3. The summed E-state index contributed by atoms with van der Waals surface area (Å²) in [6.07, 6.45) is 3.46. The summed E-state index contributed by atoms with van der Waals surface area (Å²) in [7, 11) is 0. The molecule has 0 spiro atoms. The molecule has 0 saturated carbocycles. The van der Waals surface area contributed by atoms with Gasteiger partial charge in [-0.25, -0.2) is 9.97 Å². The molecule has 0 saturated heterocycles. The SMILES string of the molecule is Cc1cc(N2[CH-]N(c3[c-]cccc3)c3nccnc32)cc(C)c1-c1ccccc1.[Ir]. The van der Waals surface area contributed by atoms with Crippen molar-refractivity contribution in [2.75, 3.05) is 9.80 Å². The Hall–Kier alpha value is -3.01. The summed E-state index contributed by atoms with van der Waals surface area (Å²) >= 11 is 0. The molecule has 151 valence electrons. The van der Waals surface area contributed by atoms with E-state index in [1.807, 2.05) is 41.9 Å². The molecule has 0 atom stereocenters. The van der Waals surface area contributed by atoms with E-state index >= 15 is 0 Å². The topological polar surface area (TPSA) is 32.3 Å². The number of para-hydroxylation sites is 1. The Labute approximate surface area is 190 Å². The van der Waals surface area contributed by atoms with E-state index in [0.29, 0.717) is 0 Å². The number of anilines is 4. The molecule has 5 rings (SSSR count). The summed E-state index contributed by atoms with van der Waals surface area (Å²) < 4.78 is 0. The van der Waals surface area contributed by atoms with Crippen LogP contribution in [0.4, 0.5) is 23.0 Å². The van der Waals surface area contributed by atoms with Crippen LogP contribution >= 0.6 is 0 Å². The molecule has 0 fully saturated rings. The van der Waals surface area contributed by atoms with Crippen molar-refractivity contribution >= 4 is 23.0 Å². The second-order valence-corrected chi connectivity index (χ2v) is 7.13. The number of hydrogen-bond acceptors (Lipinski definition) is 4. The van der Waals surface area contributed by atoms with Crippen molar-refractivity contribution in [3.05, 3.63) is 103 Å². The molecule has 4 nitrogen and oxygen atoms in total. The van der Waals surface area contributed by atoms with E-state index < -0.39 is 0 Å². The molecule has 1 radical (unpaired) electrons. The molecule has 30 heavy (non-hydrogen) atoms. The maximum Gasteiger partial charge on any atom is 0.145 e. The molecule has 0 bridgehead atoms. The van der Waals surface area contributed by atoms with Crippen LogP contribution in [0, 0.1) is 26.6 Å². The zero-order valence-corrected chi connectivity index (χ0v) is 19.1. The summed E-state index contributed by atoms with van der Waals surface area (Å²) in [6, 6.07) is 26.1. The third kappa shape index (κ3) is 3.51. The number of hydrogen-bond donors (Lipinski definition) is 0. The van der Waals surface area contributed by atoms with Gasteiger partial charge in [0.15, 0.2) is 0 Å². The first-order valence-corrected chi connectivity index (χ1v) is 9.60. The third-order valence-corrected chi connectivity index (χ3v) is 5.16. The fraction of sp³-hybridized carbons (Fsp3) is 0.0800. The van der Waals surface area contributed by atoms with Crippen LogP contribution < -0.4 is 9.80 Å². The van der Waals surface area contributed by atoms with Gasteiger partial charge < -0.3 is 9.80 Å². The van der Waals surface area contributed by atoms with Crippen molar-refractivity contribution in [1.82, 2.24) is 9.97 Å². The van der Waals surface area contributed by atoms with Crippen LogP contribution in [0.3, 0.4) is 0 Å². The molecule has 0 N–H and O–H groups in total. The Kier molecular flexibility index (Phi) is 5.67. The molecule has 0 aliphatic carbocycles. The first kappa shape index (κ1) is 20.3. The third-order valence-electron chi connectivity index (χ3n) is 5.16. The molecule has 5 heteroatoms. The van der Waals surface area contributed by atoms with Gasteiger partial charge in [-0.2, -0.15) is 30.3 Å². The van der Waals surface area contributed by atoms with E-state index in [4.69, 9.17) is 0 Å². The molecule has 3 aromatic carbocycles. The van der Waals surface area contributed by atoms with Crippen LogP contribution in [-0.2, 0) is 20.1 Å². The summed E-state index contributed by atoms with van der Waals surface area (Å²) in [6.45, 7) is 6.36. The van der Waals surface area contributed by atoms with Crippen LogP contribution in [0.2, 0.25) is 0 Å². The molecule has 4 aromatic rings. The number of nitrogens with zero attached hydrogens (tertiary/aromatic N) is 4. The van der Waals surface area contributed by atoms with E-state index in [2.05, 4.69) is 71.2 Å². The van der Waals surface area contributed by atoms with Gasteiger partial charge in [-0.05, 0) is 48.2 Å². The second-order valence-electron chi connectivity index (χ2n) is 7.13. The summed E-state index contributed by atoms with van der Waals surface area (Å²) in [5.41, 5.74) is 6.98. The quantitative estimate of drug-likeness (QED) is 0.285. The summed E-state index contributed by atoms with van der Waals surface area (Å²) in [5, 5.41) is 0. The zero-order valence-electron chi connectivity index (χ0n) is 16.7. The minimum absolute atomic E-state index is 0. The van der Waals surface area contributed by atoms with Gasteiger partial charge in [0.1, 0.15) is 11.6 Å². The number of benzene rings is 3. The van der Waals surface area contributed by atoms with Gasteiger partial charge in [0, 0.05) is 38.2 Å². The minimum atomic E-state index is 0. The monoisotopic (exact) mass is 569 g/mol. The smallest absolute Gasteiger partial charge is 0.145 e. The molecule has 1 aliphatic heterocycles. The van der Waals surface area contributed by atoms with Crippen LogP contribution in [0.1, 0.15) is 11.1 Å². The van der Waals surface area contributed by atoms with Gasteiger partial charge in [0.05, 0.1) is 0 Å². The molecule has 1 aromatic heterocycles. The van der Waals surface area contributed by atoms with Gasteiger partial charge in [0.2, 0.25) is 0 Å². The number of fused-ring (bicyclic) bond motifs is 1. The fourth-order valence-corrected chi connectivity index (χ4v) is 3.93. The minimum Gasteiger partial charge on any atom is -0.477 e. The molecule has 1 aliphatic rings. The maximum atomic E-state index is 4.61. The first-order chi connectivity index (χ1) is 14.2. The Bertz CT molecular complexity index is 1140. The number of aromatic nitrogens is 2. The van der Waals surface area contributed by atoms with E-state index in [9.17, 15) is 0 Å². The van der Waals surface area contributed by atoms with Crippen molar-refractivity contribution in [2.24, 2.45) is 0 Å². The fourth-order valence-electron chi connectivity index (χ4n) is 3.93. The van der Waals surface area contributed by atoms with Gasteiger partial charge in [-0.3, -0.25) is 0 Å². The van der Waals surface area contributed by atoms with Gasteiger partial charge in [-0.1, -0.05) is 30.3 Å². The molecule has 2 heterocycles.